The van der Waals surface area contributed by atoms with Gasteiger partial charge in [0.1, 0.15) is 18.1 Å². The third kappa shape index (κ3) is 6.59. The van der Waals surface area contributed by atoms with Crippen molar-refractivity contribution in [1.29, 1.82) is 0 Å². The van der Waals surface area contributed by atoms with E-state index in [0.717, 1.165) is 31.5 Å². The molecule has 1 aromatic heterocycles. The fourth-order valence-electron chi connectivity index (χ4n) is 5.65. The average Bonchev–Trinajstić information content (AvgIpc) is 3.60. The van der Waals surface area contributed by atoms with Crippen LogP contribution >= 0.6 is 0 Å². The van der Waals surface area contributed by atoms with Crippen LogP contribution in [0, 0.1) is 0 Å². The van der Waals surface area contributed by atoms with E-state index in [9.17, 15) is 19.2 Å². The van der Waals surface area contributed by atoms with Gasteiger partial charge >= 0.3 is 0 Å². The van der Waals surface area contributed by atoms with Gasteiger partial charge in [-0.2, -0.15) is 0 Å². The summed E-state index contributed by atoms with van der Waals surface area (Å²) < 4.78 is 6.23. The number of carbonyl (C=O) groups excluding carboxylic acids is 4. The SMILES string of the molecule is CC(=O)N[C@H]1C[C@H]2COc3cccnc3-c3ccc(cc3)C(=O)NCCN(C(=O)CN3CCCC3)CC(=O)N2C1. The molecule has 0 spiro atoms. The lowest BCUT2D eigenvalue weighted by Gasteiger charge is -2.30. The molecule has 40 heavy (non-hydrogen) atoms. The van der Waals surface area contributed by atoms with Crippen molar-refractivity contribution in [2.75, 3.05) is 52.4 Å². The van der Waals surface area contributed by atoms with Crippen LogP contribution in [0.3, 0.4) is 0 Å². The normalized spacial score (nSPS) is 22.2. The van der Waals surface area contributed by atoms with Crippen LogP contribution in [0.5, 0.6) is 5.75 Å². The van der Waals surface area contributed by atoms with Crippen LogP contribution in [0.1, 0.15) is 36.5 Å². The van der Waals surface area contributed by atoms with Gasteiger partial charge in [0.05, 0.1) is 19.1 Å². The fraction of sp³-hybridized carbons (Fsp3) is 0.483. The van der Waals surface area contributed by atoms with Gasteiger partial charge in [0.2, 0.25) is 17.7 Å². The molecule has 11 nitrogen and oxygen atoms in total. The standard InChI is InChI=1S/C29H36N6O5/c1-20(36)32-23-15-24-19-40-25-5-4-10-30-28(25)21-6-8-22(9-7-21)29(39)31-11-14-34(18-27(38)35(24)16-23)26(37)17-33-12-2-3-13-33/h4-10,23-24H,2-3,11-19H2,1H3,(H,31,39)(H,32,36)/t23-,24-/m0/s1. The Kier molecular flexibility index (Phi) is 8.59. The summed E-state index contributed by atoms with van der Waals surface area (Å²) in [4.78, 5) is 61.5. The molecule has 212 valence electrons. The van der Waals surface area contributed by atoms with E-state index in [1.165, 1.54) is 11.8 Å². The summed E-state index contributed by atoms with van der Waals surface area (Å²) in [6, 6.07) is 10.2. The van der Waals surface area contributed by atoms with Crippen molar-refractivity contribution in [3.05, 3.63) is 48.2 Å². The summed E-state index contributed by atoms with van der Waals surface area (Å²) in [6.07, 6.45) is 4.32. The van der Waals surface area contributed by atoms with Crippen LogP contribution in [0.15, 0.2) is 42.6 Å². The molecule has 2 N–H and O–H groups in total. The topological polar surface area (TPSA) is 124 Å². The third-order valence-corrected chi connectivity index (χ3v) is 7.67. The van der Waals surface area contributed by atoms with Gasteiger partial charge in [0.25, 0.3) is 5.91 Å². The molecular weight excluding hydrogens is 512 g/mol. The highest BCUT2D eigenvalue weighted by Gasteiger charge is 2.37. The molecule has 4 amide bonds. The highest BCUT2D eigenvalue weighted by Crippen LogP contribution is 2.29. The molecule has 5 heterocycles. The first-order valence-electron chi connectivity index (χ1n) is 13.9. The van der Waals surface area contributed by atoms with E-state index in [4.69, 9.17) is 4.74 Å². The zero-order valence-corrected chi connectivity index (χ0v) is 22.8. The van der Waals surface area contributed by atoms with Gasteiger partial charge in [-0.25, -0.2) is 0 Å². The predicted octanol–water partition coefficient (Wildman–Crippen LogP) is 0.901. The Morgan fingerprint density at radius 2 is 1.82 bits per heavy atom. The predicted molar refractivity (Wildman–Crippen MR) is 147 cm³/mol. The summed E-state index contributed by atoms with van der Waals surface area (Å²) in [5.74, 6) is -0.224. The number of amides is 4. The minimum atomic E-state index is -0.300. The number of hydrogen-bond donors (Lipinski definition) is 2. The Hall–Kier alpha value is -3.99. The number of nitrogens with zero attached hydrogens (tertiary/aromatic N) is 4. The maximum atomic E-state index is 13.7. The van der Waals surface area contributed by atoms with Crippen molar-refractivity contribution in [2.24, 2.45) is 0 Å². The lowest BCUT2D eigenvalue weighted by molar-refractivity contribution is -0.141. The molecule has 2 atom stereocenters. The second kappa shape index (κ2) is 12.5. The molecule has 4 aliphatic heterocycles. The van der Waals surface area contributed by atoms with E-state index >= 15 is 0 Å². The highest BCUT2D eigenvalue weighted by atomic mass is 16.5. The van der Waals surface area contributed by atoms with Crippen LogP contribution in [0.4, 0.5) is 0 Å². The van der Waals surface area contributed by atoms with Gasteiger partial charge in [-0.3, -0.25) is 29.1 Å². The molecule has 4 aliphatic rings. The first-order chi connectivity index (χ1) is 19.4. The molecule has 1 aromatic carbocycles. The van der Waals surface area contributed by atoms with Crippen molar-refractivity contribution in [2.45, 2.75) is 38.3 Å². The van der Waals surface area contributed by atoms with Gasteiger partial charge in [-0.05, 0) is 56.6 Å². The summed E-state index contributed by atoms with van der Waals surface area (Å²) in [5, 5.41) is 5.81. The van der Waals surface area contributed by atoms with Crippen molar-refractivity contribution < 1.29 is 23.9 Å². The number of rotatable bonds is 3. The third-order valence-electron chi connectivity index (χ3n) is 7.67. The van der Waals surface area contributed by atoms with Gasteiger partial charge in [0, 0.05) is 49.9 Å². The number of aromatic nitrogens is 1. The first kappa shape index (κ1) is 27.6. The minimum Gasteiger partial charge on any atom is -0.489 e. The second-order valence-corrected chi connectivity index (χ2v) is 10.6. The maximum Gasteiger partial charge on any atom is 0.251 e. The Morgan fingerprint density at radius 3 is 2.58 bits per heavy atom. The number of fused-ring (bicyclic) bond motifs is 9. The van der Waals surface area contributed by atoms with Crippen LogP contribution in [0.25, 0.3) is 11.3 Å². The zero-order chi connectivity index (χ0) is 28.1. The van der Waals surface area contributed by atoms with E-state index in [2.05, 4.69) is 20.5 Å². The number of likely N-dealkylation sites (tertiary alicyclic amines) is 1. The van der Waals surface area contributed by atoms with Gasteiger partial charge in [-0.1, -0.05) is 12.1 Å². The Morgan fingerprint density at radius 1 is 1.07 bits per heavy atom. The average molecular weight is 549 g/mol. The van der Waals surface area contributed by atoms with Crippen molar-refractivity contribution >= 4 is 23.6 Å². The number of carbonyl (C=O) groups is 4. The van der Waals surface area contributed by atoms with Crippen molar-refractivity contribution in [3.63, 3.8) is 0 Å². The highest BCUT2D eigenvalue weighted by molar-refractivity contribution is 5.94. The van der Waals surface area contributed by atoms with Crippen LogP contribution in [-0.2, 0) is 14.4 Å². The quantitative estimate of drug-likeness (QED) is 0.584. The lowest BCUT2D eigenvalue weighted by atomic mass is 10.1. The molecule has 2 saturated heterocycles. The van der Waals surface area contributed by atoms with E-state index < -0.39 is 0 Å². The minimum absolute atomic E-state index is 0.113. The van der Waals surface area contributed by atoms with Crippen molar-refractivity contribution in [1.82, 2.24) is 30.3 Å². The van der Waals surface area contributed by atoms with E-state index in [1.54, 1.807) is 29.3 Å². The molecule has 2 fully saturated rings. The van der Waals surface area contributed by atoms with Gasteiger partial charge in [0.15, 0.2) is 0 Å². The monoisotopic (exact) mass is 548 g/mol. The zero-order valence-electron chi connectivity index (χ0n) is 22.8. The number of benzene rings is 1. The van der Waals surface area contributed by atoms with Crippen LogP contribution in [-0.4, -0.2) is 108 Å². The summed E-state index contributed by atoms with van der Waals surface area (Å²) in [5.41, 5.74) is 1.92. The maximum absolute atomic E-state index is 13.7. The number of pyridine rings is 1. The molecule has 0 unspecified atom stereocenters. The molecule has 0 radical (unpaired) electrons. The molecule has 0 aliphatic carbocycles. The number of nitrogens with one attached hydrogen (secondary N) is 2. The largest absolute Gasteiger partial charge is 0.489 e. The molecular formula is C29H36N6O5. The van der Waals surface area contributed by atoms with Gasteiger partial charge in [-0.15, -0.1) is 0 Å². The molecule has 6 rings (SSSR count). The Labute approximate surface area is 233 Å². The summed E-state index contributed by atoms with van der Waals surface area (Å²) >= 11 is 0. The smallest absolute Gasteiger partial charge is 0.251 e. The van der Waals surface area contributed by atoms with Gasteiger partial charge < -0.3 is 25.2 Å². The van der Waals surface area contributed by atoms with E-state index in [-0.39, 0.29) is 68.5 Å². The second-order valence-electron chi connectivity index (χ2n) is 10.6. The van der Waals surface area contributed by atoms with Crippen molar-refractivity contribution in [3.8, 4) is 17.0 Å². The van der Waals surface area contributed by atoms with E-state index in [1.807, 2.05) is 18.2 Å². The summed E-state index contributed by atoms with van der Waals surface area (Å²) in [6.45, 7) is 4.28. The lowest BCUT2D eigenvalue weighted by Crippen LogP contribution is -2.50. The molecule has 2 aromatic rings. The Balaban J connectivity index is 1.42. The summed E-state index contributed by atoms with van der Waals surface area (Å²) in [7, 11) is 0. The number of ether oxygens (including phenoxy) is 1. The fourth-order valence-corrected chi connectivity index (χ4v) is 5.65. The molecule has 2 bridgehead atoms. The first-order valence-corrected chi connectivity index (χ1v) is 13.9. The molecule has 11 heteroatoms. The Bertz CT molecular complexity index is 1250. The van der Waals surface area contributed by atoms with E-state index in [0.29, 0.717) is 30.0 Å². The molecule has 0 saturated carbocycles. The van der Waals surface area contributed by atoms with Crippen LogP contribution in [0.2, 0.25) is 0 Å². The van der Waals surface area contributed by atoms with Crippen LogP contribution < -0.4 is 15.4 Å². The number of hydrogen-bond acceptors (Lipinski definition) is 7.